The summed E-state index contributed by atoms with van der Waals surface area (Å²) in [7, 11) is 0. The molecule has 1 heterocycles. The van der Waals surface area contributed by atoms with Crippen LogP contribution in [-0.4, -0.2) is 86.3 Å². The fourth-order valence-corrected chi connectivity index (χ4v) is 1.42. The molecule has 0 aliphatic carbocycles. The van der Waals surface area contributed by atoms with Crippen molar-refractivity contribution in [2.75, 3.05) is 0 Å². The van der Waals surface area contributed by atoms with Crippen molar-refractivity contribution in [3.63, 3.8) is 0 Å². The molecule has 22 heavy (non-hydrogen) atoms. The van der Waals surface area contributed by atoms with Gasteiger partial charge in [-0.15, -0.1) is 0 Å². The summed E-state index contributed by atoms with van der Waals surface area (Å²) in [6.45, 7) is 0. The lowest BCUT2D eigenvalue weighted by Crippen LogP contribution is -2.80. The largest absolute Gasteiger partial charge is 0.461 e. The average molecular weight is 326 g/mol. The fraction of sp³-hybridized carbons (Fsp3) is 0.500. The summed E-state index contributed by atoms with van der Waals surface area (Å²) in [5.41, 5.74) is 0. The number of aliphatic hydroxyl groups is 10. The van der Waals surface area contributed by atoms with Gasteiger partial charge in [0, 0.05) is 0 Å². The number of Topliss-reactive ketones (excluding diaryl/α,β-unsaturated/α-hetero) is 1. The highest BCUT2D eigenvalue weighted by atomic mass is 16.7. The molecule has 12 nitrogen and oxygen atoms in total. The van der Waals surface area contributed by atoms with Crippen molar-refractivity contribution in [1.29, 1.82) is 0 Å². The van der Waals surface area contributed by atoms with Crippen LogP contribution >= 0.6 is 0 Å². The number of rotatable bonds is 6. The van der Waals surface area contributed by atoms with Crippen molar-refractivity contribution in [2.24, 2.45) is 0 Å². The Labute approximate surface area is 121 Å². The Kier molecular flexibility index (Phi) is 4.50. The van der Waals surface area contributed by atoms with Gasteiger partial charge in [-0.2, -0.15) is 0 Å². The summed E-state index contributed by atoms with van der Waals surface area (Å²) in [4.78, 5) is 11.7. The van der Waals surface area contributed by atoms with Gasteiger partial charge in [-0.3, -0.25) is 4.79 Å². The predicted molar refractivity (Wildman–Crippen MR) is 59.9 cm³/mol. The van der Waals surface area contributed by atoms with Gasteiger partial charge in [0.1, 0.15) is 0 Å². The Bertz CT molecular complexity index is 526. The molecule has 0 amide bonds. The van der Waals surface area contributed by atoms with Gasteiger partial charge in [-0.1, -0.05) is 0 Å². The van der Waals surface area contributed by atoms with Gasteiger partial charge in [0.15, 0.2) is 5.76 Å². The summed E-state index contributed by atoms with van der Waals surface area (Å²) in [6.07, 6.45) is -2.53. The van der Waals surface area contributed by atoms with Gasteiger partial charge in [-0.25, -0.2) is 0 Å². The van der Waals surface area contributed by atoms with Crippen molar-refractivity contribution in [3.8, 4) is 0 Å². The predicted octanol–water partition coefficient (Wildman–Crippen LogP) is -5.50. The van der Waals surface area contributed by atoms with E-state index in [9.17, 15) is 35.4 Å². The van der Waals surface area contributed by atoms with Crippen LogP contribution in [0.5, 0.6) is 0 Å². The molecule has 0 bridgehead atoms. The first-order chi connectivity index (χ1) is 9.71. The van der Waals surface area contributed by atoms with Gasteiger partial charge in [0.2, 0.25) is 6.29 Å². The zero-order chi connectivity index (χ0) is 17.6. The van der Waals surface area contributed by atoms with Crippen molar-refractivity contribution >= 4 is 5.78 Å². The van der Waals surface area contributed by atoms with E-state index in [2.05, 4.69) is 4.42 Å². The molecule has 12 heteroatoms. The number of aliphatic hydroxyl groups excluding tert-OH is 1. The van der Waals surface area contributed by atoms with Gasteiger partial charge in [-0.05, 0) is 12.1 Å². The first-order valence-electron chi connectivity index (χ1n) is 5.44. The maximum atomic E-state index is 11.7. The number of carbonyl (C=O) groups is 1. The first kappa shape index (κ1) is 18.6. The number of hydrogen-bond acceptors (Lipinski definition) is 12. The fourth-order valence-electron chi connectivity index (χ4n) is 1.42. The number of hydrogen-bond donors (Lipinski definition) is 10. The average Bonchev–Trinajstić information content (AvgIpc) is 2.90. The van der Waals surface area contributed by atoms with Gasteiger partial charge in [0.25, 0.3) is 28.9 Å². The second-order valence-electron chi connectivity index (χ2n) is 4.42. The topological polar surface area (TPSA) is 233 Å². The maximum Gasteiger partial charge on any atom is 0.293 e. The van der Waals surface area contributed by atoms with Crippen LogP contribution in [0.15, 0.2) is 22.8 Å². The molecular weight excluding hydrogens is 312 g/mol. The van der Waals surface area contributed by atoms with E-state index in [1.807, 2.05) is 0 Å². The minimum atomic E-state index is -4.82. The molecule has 0 aromatic carbocycles. The van der Waals surface area contributed by atoms with E-state index in [4.69, 9.17) is 20.4 Å². The van der Waals surface area contributed by atoms with Crippen LogP contribution in [0.2, 0.25) is 0 Å². The quantitative estimate of drug-likeness (QED) is 0.174. The van der Waals surface area contributed by atoms with E-state index in [0.29, 0.717) is 0 Å². The van der Waals surface area contributed by atoms with Crippen LogP contribution in [0.25, 0.3) is 0 Å². The lowest BCUT2D eigenvalue weighted by atomic mass is 9.86. The molecule has 0 aliphatic rings. The molecule has 0 aliphatic heterocycles. The summed E-state index contributed by atoms with van der Waals surface area (Å²) < 4.78 is 4.44. The Hall–Kier alpha value is -1.45. The van der Waals surface area contributed by atoms with Crippen LogP contribution in [0.4, 0.5) is 0 Å². The summed E-state index contributed by atoms with van der Waals surface area (Å²) in [5, 5.41) is 92.1. The van der Waals surface area contributed by atoms with Crippen LogP contribution in [-0.2, 0) is 0 Å². The molecule has 1 rings (SSSR count). The third kappa shape index (κ3) is 2.42. The molecule has 0 saturated heterocycles. The first-order valence-corrected chi connectivity index (χ1v) is 5.44. The van der Waals surface area contributed by atoms with E-state index in [1.165, 1.54) is 0 Å². The van der Waals surface area contributed by atoms with E-state index < -0.39 is 41.0 Å². The number of furan rings is 1. The minimum absolute atomic E-state index is 0.835. The van der Waals surface area contributed by atoms with E-state index in [-0.39, 0.29) is 0 Å². The molecule has 0 unspecified atom stereocenters. The molecule has 10 N–H and O–H groups in total. The van der Waals surface area contributed by atoms with E-state index in [0.717, 1.165) is 18.4 Å². The van der Waals surface area contributed by atoms with Crippen LogP contribution in [0.3, 0.4) is 0 Å². The highest BCUT2D eigenvalue weighted by molar-refractivity contribution is 5.99. The molecule has 0 radical (unpaired) electrons. The molecule has 0 fully saturated rings. The van der Waals surface area contributed by atoms with E-state index in [1.54, 1.807) is 0 Å². The lowest BCUT2D eigenvalue weighted by Gasteiger charge is -2.46. The van der Waals surface area contributed by atoms with Crippen molar-refractivity contribution in [1.82, 2.24) is 0 Å². The smallest absolute Gasteiger partial charge is 0.293 e. The zero-order valence-electron chi connectivity index (χ0n) is 10.6. The molecule has 126 valence electrons. The molecular formula is C10H14O12. The standard InChI is InChI=1S/C10H14O12/c11-5(4-2-1-3-22-4)7(14,15)9(18,19)10(20,21)8(16,17)6(12)13/h1-3,6,12-21H. The van der Waals surface area contributed by atoms with Gasteiger partial charge in [0.05, 0.1) is 6.26 Å². The van der Waals surface area contributed by atoms with Gasteiger partial charge >= 0.3 is 0 Å². The Morgan fingerprint density at radius 3 is 1.82 bits per heavy atom. The van der Waals surface area contributed by atoms with Crippen LogP contribution < -0.4 is 0 Å². The maximum absolute atomic E-state index is 11.7. The SMILES string of the molecule is O=C(c1ccco1)C(O)(O)C(O)(O)C(O)(O)C(O)(O)C(O)O. The Morgan fingerprint density at radius 1 is 0.955 bits per heavy atom. The number of carbonyl (C=O) groups excluding carboxylic acids is 1. The van der Waals surface area contributed by atoms with Crippen molar-refractivity contribution in [3.05, 3.63) is 24.2 Å². The van der Waals surface area contributed by atoms with Crippen molar-refractivity contribution < 1.29 is 60.3 Å². The molecule has 0 spiro atoms. The van der Waals surface area contributed by atoms with Crippen LogP contribution in [0.1, 0.15) is 10.6 Å². The summed E-state index contributed by atoms with van der Waals surface area (Å²) in [6, 6.07) is 1.92. The minimum Gasteiger partial charge on any atom is -0.461 e. The normalized spacial score (nSPS) is 14.5. The summed E-state index contributed by atoms with van der Waals surface area (Å²) in [5.74, 6) is -21.5. The molecule has 0 saturated carbocycles. The third-order valence-electron chi connectivity index (χ3n) is 2.91. The van der Waals surface area contributed by atoms with Crippen molar-refractivity contribution in [2.45, 2.75) is 29.4 Å². The highest BCUT2D eigenvalue weighted by Gasteiger charge is 2.74. The van der Waals surface area contributed by atoms with Crippen LogP contribution in [0, 0.1) is 0 Å². The third-order valence-corrected chi connectivity index (χ3v) is 2.91. The Balaban J connectivity index is 3.35. The lowest BCUT2D eigenvalue weighted by molar-refractivity contribution is -0.514. The Morgan fingerprint density at radius 2 is 1.45 bits per heavy atom. The monoisotopic (exact) mass is 326 g/mol. The zero-order valence-corrected chi connectivity index (χ0v) is 10.6. The molecule has 1 aromatic heterocycles. The summed E-state index contributed by atoms with van der Waals surface area (Å²) >= 11 is 0. The molecule has 0 atom stereocenters. The second kappa shape index (κ2) is 5.32. The number of ketones is 1. The highest BCUT2D eigenvalue weighted by Crippen LogP contribution is 2.37. The second-order valence-corrected chi connectivity index (χ2v) is 4.42. The molecule has 1 aromatic rings. The van der Waals surface area contributed by atoms with E-state index >= 15 is 0 Å². The van der Waals surface area contributed by atoms with Gasteiger partial charge < -0.3 is 55.5 Å².